The Balaban J connectivity index is 0.00000144. The molecule has 0 bridgehead atoms. The highest BCUT2D eigenvalue weighted by Gasteiger charge is 2.23. The molecule has 2 N–H and O–H groups in total. The summed E-state index contributed by atoms with van der Waals surface area (Å²) < 4.78 is 1.23. The maximum absolute atomic E-state index is 4.98. The second kappa shape index (κ2) is 6.76. The van der Waals surface area contributed by atoms with Crippen LogP contribution in [0.5, 0.6) is 0 Å². The number of quaternary nitrogens is 1. The highest BCUT2D eigenvalue weighted by atomic mass is 79.9. The Kier molecular flexibility index (Phi) is 6.95. The maximum Gasteiger partial charge on any atom is 0.0807 e. The topological polar surface area (TPSA) is 35.2 Å². The van der Waals surface area contributed by atoms with E-state index >= 15 is 0 Å². The summed E-state index contributed by atoms with van der Waals surface area (Å²) in [6.45, 7) is 4.60. The van der Waals surface area contributed by atoms with Crippen molar-refractivity contribution in [3.8, 4) is 0 Å². The average Bonchev–Trinajstić information content (AvgIpc) is 2.06. The first kappa shape index (κ1) is 13.4. The lowest BCUT2D eigenvalue weighted by Crippen LogP contribution is -3.00. The molecule has 4 heteroatoms. The van der Waals surface area contributed by atoms with Gasteiger partial charge in [0.2, 0.25) is 0 Å². The number of hydrogen-bond acceptors (Lipinski definition) is 2. The fraction of sp³-hybridized carbons (Fsp3) is 1.00. The zero-order valence-electron chi connectivity index (χ0n) is 8.47. The van der Waals surface area contributed by atoms with Crippen molar-refractivity contribution in [2.24, 2.45) is 5.90 Å². The van der Waals surface area contributed by atoms with E-state index in [1.165, 1.54) is 43.4 Å². The van der Waals surface area contributed by atoms with Gasteiger partial charge < -0.3 is 26.3 Å². The van der Waals surface area contributed by atoms with E-state index in [1.807, 2.05) is 0 Å². The van der Waals surface area contributed by atoms with Gasteiger partial charge in [0.15, 0.2) is 0 Å². The molecule has 3 nitrogen and oxygen atoms in total. The van der Waals surface area contributed by atoms with Gasteiger partial charge in [-0.25, -0.2) is 5.90 Å². The van der Waals surface area contributed by atoms with Gasteiger partial charge >= 0.3 is 0 Å². The first-order chi connectivity index (χ1) is 5.77. The third kappa shape index (κ3) is 4.96. The zero-order chi connectivity index (χ0) is 8.86. The quantitative estimate of drug-likeness (QED) is 0.272. The second-order valence-electron chi connectivity index (χ2n) is 4.08. The Labute approximate surface area is 91.5 Å². The van der Waals surface area contributed by atoms with Crippen LogP contribution in [0.15, 0.2) is 0 Å². The summed E-state index contributed by atoms with van der Waals surface area (Å²) in [6.07, 6.45) is 5.29. The van der Waals surface area contributed by atoms with Crippen molar-refractivity contribution in [3.63, 3.8) is 0 Å². The molecule has 0 aromatic carbocycles. The minimum absolute atomic E-state index is 0. The Morgan fingerprint density at radius 3 is 2.38 bits per heavy atom. The molecular formula is C9H21BrN2O. The molecule has 1 rings (SSSR count). The van der Waals surface area contributed by atoms with Crippen LogP contribution < -0.4 is 22.9 Å². The first-order valence-electron chi connectivity index (χ1n) is 4.92. The standard InChI is InChI=1S/C9H21N2O.BrH/c1-11(8-5-9-12-10)6-3-2-4-7-11;/h2-10H2,1H3;1H/q+1;/p-1/i1+1,5+1,6+1,7+1,8+1,9+1;. The van der Waals surface area contributed by atoms with Crippen LogP contribution in [0.25, 0.3) is 0 Å². The maximum atomic E-state index is 4.98. The predicted molar refractivity (Wildman–Crippen MR) is 49.4 cm³/mol. The summed E-state index contributed by atoms with van der Waals surface area (Å²) in [5.74, 6) is 4.98. The van der Waals surface area contributed by atoms with Gasteiger partial charge in [0.25, 0.3) is 0 Å². The molecule has 0 radical (unpaired) electrons. The van der Waals surface area contributed by atoms with Crippen LogP contribution >= 0.6 is 0 Å². The molecule has 1 saturated heterocycles. The van der Waals surface area contributed by atoms with Crippen molar-refractivity contribution < 1.29 is 26.3 Å². The van der Waals surface area contributed by atoms with Gasteiger partial charge in [-0.1, -0.05) is 0 Å². The predicted octanol–water partition coefficient (Wildman–Crippen LogP) is -2.10. The molecule has 1 heterocycles. The van der Waals surface area contributed by atoms with Crippen molar-refractivity contribution in [2.45, 2.75) is 25.7 Å². The van der Waals surface area contributed by atoms with Gasteiger partial charge in [0.05, 0.1) is 33.3 Å². The van der Waals surface area contributed by atoms with Crippen LogP contribution in [0.4, 0.5) is 0 Å². The van der Waals surface area contributed by atoms with Crippen molar-refractivity contribution in [1.82, 2.24) is 0 Å². The van der Waals surface area contributed by atoms with E-state index in [1.54, 1.807) is 0 Å². The summed E-state index contributed by atoms with van der Waals surface area (Å²) in [7, 11) is 2.34. The van der Waals surface area contributed by atoms with Gasteiger partial charge in [-0.2, -0.15) is 0 Å². The number of rotatable bonds is 4. The van der Waals surface area contributed by atoms with Crippen LogP contribution in [0, 0.1) is 0 Å². The molecule has 0 aromatic rings. The highest BCUT2D eigenvalue weighted by molar-refractivity contribution is 4.51. The van der Waals surface area contributed by atoms with Crippen LogP contribution in [0.3, 0.4) is 0 Å². The SMILES string of the molecule is [13CH3][N+]1([13CH2][13CH2][13CH2]ON)[13CH2]CCC[13CH2]1.[Br-]. The molecule has 0 saturated carbocycles. The Hall–Kier alpha value is 0.360. The second-order valence-corrected chi connectivity index (χ2v) is 4.08. The monoisotopic (exact) mass is 258 g/mol. The lowest BCUT2D eigenvalue weighted by atomic mass is 10.3. The Morgan fingerprint density at radius 1 is 1.23 bits per heavy atom. The van der Waals surface area contributed by atoms with Gasteiger partial charge in [-0.05, 0) is 19.3 Å². The zero-order valence-corrected chi connectivity index (χ0v) is 10.1. The number of piperidine rings is 1. The van der Waals surface area contributed by atoms with Gasteiger partial charge in [-0.15, -0.1) is 0 Å². The number of halogens is 1. The molecule has 0 spiro atoms. The molecule has 0 aliphatic carbocycles. The number of nitrogens with two attached hydrogens (primary N) is 1. The minimum Gasteiger partial charge on any atom is -1.00 e. The lowest BCUT2D eigenvalue weighted by molar-refractivity contribution is -0.914. The molecule has 0 aromatic heterocycles. The van der Waals surface area contributed by atoms with E-state index in [0.717, 1.165) is 6.42 Å². The fourth-order valence-electron chi connectivity index (χ4n) is 2.03. The van der Waals surface area contributed by atoms with E-state index in [2.05, 4.69) is 11.9 Å². The number of likely N-dealkylation sites (tertiary alicyclic amines) is 1. The van der Waals surface area contributed by atoms with E-state index in [4.69, 9.17) is 5.90 Å². The van der Waals surface area contributed by atoms with E-state index in [0.29, 0.717) is 6.61 Å². The van der Waals surface area contributed by atoms with Crippen LogP contribution in [-0.2, 0) is 4.84 Å². The molecule has 13 heavy (non-hydrogen) atoms. The first-order valence-corrected chi connectivity index (χ1v) is 4.92. The summed E-state index contributed by atoms with van der Waals surface area (Å²) >= 11 is 0. The molecule has 80 valence electrons. The fourth-order valence-corrected chi connectivity index (χ4v) is 2.03. The van der Waals surface area contributed by atoms with Crippen molar-refractivity contribution in [1.29, 1.82) is 0 Å². The molecule has 1 aliphatic rings. The molecule has 0 unspecified atom stereocenters. The van der Waals surface area contributed by atoms with Gasteiger partial charge in [0.1, 0.15) is 0 Å². The summed E-state index contributed by atoms with van der Waals surface area (Å²) in [6, 6.07) is 0. The number of nitrogens with zero attached hydrogens (tertiary/aromatic N) is 1. The van der Waals surface area contributed by atoms with Gasteiger partial charge in [-0.3, -0.25) is 0 Å². The lowest BCUT2D eigenvalue weighted by Gasteiger charge is -2.37. The molecular weight excluding hydrogens is 238 g/mol. The normalized spacial score (nSPS) is 20.8. The van der Waals surface area contributed by atoms with Crippen LogP contribution in [-0.4, -0.2) is 37.8 Å². The average molecular weight is 259 g/mol. The summed E-state index contributed by atoms with van der Waals surface area (Å²) in [5, 5.41) is 0. The highest BCUT2D eigenvalue weighted by Crippen LogP contribution is 2.16. The van der Waals surface area contributed by atoms with Gasteiger partial charge in [0, 0.05) is 6.42 Å². The minimum atomic E-state index is 0. The third-order valence-corrected chi connectivity index (χ3v) is 2.86. The Morgan fingerprint density at radius 2 is 1.85 bits per heavy atom. The summed E-state index contributed by atoms with van der Waals surface area (Å²) in [4.78, 5) is 4.57. The summed E-state index contributed by atoms with van der Waals surface area (Å²) in [5.41, 5.74) is 0. The molecule has 1 aliphatic heterocycles. The molecule has 0 amide bonds. The van der Waals surface area contributed by atoms with Crippen molar-refractivity contribution >= 4 is 0 Å². The van der Waals surface area contributed by atoms with E-state index in [-0.39, 0.29) is 17.0 Å². The molecule has 1 fully saturated rings. The smallest absolute Gasteiger partial charge is 0.0807 e. The Bertz CT molecular complexity index is 127. The van der Waals surface area contributed by atoms with Crippen LogP contribution in [0.1, 0.15) is 25.7 Å². The number of hydrogen-bond donors (Lipinski definition) is 1. The third-order valence-electron chi connectivity index (χ3n) is 2.86. The molecule has 0 atom stereocenters. The van der Waals surface area contributed by atoms with Crippen molar-refractivity contribution in [2.75, 3.05) is 33.3 Å². The largest absolute Gasteiger partial charge is 1.00 e. The van der Waals surface area contributed by atoms with Crippen LogP contribution in [0.2, 0.25) is 0 Å². The van der Waals surface area contributed by atoms with E-state index in [9.17, 15) is 0 Å². The van der Waals surface area contributed by atoms with E-state index < -0.39 is 0 Å². The van der Waals surface area contributed by atoms with Crippen molar-refractivity contribution in [3.05, 3.63) is 0 Å².